The molecule has 0 unspecified atom stereocenters. The monoisotopic (exact) mass is 300 g/mol. The number of benzene rings is 1. The predicted molar refractivity (Wildman–Crippen MR) is 72.5 cm³/mol. The van der Waals surface area contributed by atoms with Crippen LogP contribution in [0.3, 0.4) is 0 Å². The van der Waals surface area contributed by atoms with Crippen molar-refractivity contribution in [2.45, 2.75) is 11.3 Å². The van der Waals surface area contributed by atoms with Crippen LogP contribution in [0.2, 0.25) is 0 Å². The highest BCUT2D eigenvalue weighted by molar-refractivity contribution is 8.04. The molecule has 0 radical (unpaired) electrons. The quantitative estimate of drug-likeness (QED) is 0.629. The fraction of sp³-hybridized carbons (Fsp3) is 0.273. The van der Waals surface area contributed by atoms with E-state index in [2.05, 4.69) is 0 Å². The highest BCUT2D eigenvalue weighted by Crippen LogP contribution is 2.31. The lowest BCUT2D eigenvalue weighted by Gasteiger charge is -2.28. The lowest BCUT2D eigenvalue weighted by molar-refractivity contribution is -0.403. The Balaban J connectivity index is 2.40. The van der Waals surface area contributed by atoms with Crippen molar-refractivity contribution in [2.75, 3.05) is 12.3 Å². The average Bonchev–Trinajstić information content (AvgIpc) is 2.39. The summed E-state index contributed by atoms with van der Waals surface area (Å²) in [5.74, 6) is 0.681. The number of nitro groups is 1. The molecule has 1 fully saturated rings. The number of hydrogen-bond donors (Lipinski definition) is 0. The van der Waals surface area contributed by atoms with Crippen LogP contribution in [0.25, 0.3) is 0 Å². The fourth-order valence-corrected chi connectivity index (χ4v) is 4.46. The molecule has 19 heavy (non-hydrogen) atoms. The van der Waals surface area contributed by atoms with E-state index in [9.17, 15) is 18.5 Å². The molecule has 0 amide bonds. The molecule has 0 aliphatic carbocycles. The Morgan fingerprint density at radius 3 is 2.63 bits per heavy atom. The lowest BCUT2D eigenvalue weighted by atomic mass is 10.4. The largest absolute Gasteiger partial charge is 0.265 e. The van der Waals surface area contributed by atoms with E-state index >= 15 is 0 Å². The molecular formula is C11H12N2O4S2. The predicted octanol–water partition coefficient (Wildman–Crippen LogP) is 1.89. The smallest absolute Gasteiger partial charge is 0.259 e. The van der Waals surface area contributed by atoms with Gasteiger partial charge in [0, 0.05) is 12.3 Å². The number of hydrogen-bond acceptors (Lipinski definition) is 5. The van der Waals surface area contributed by atoms with Gasteiger partial charge in [0.15, 0.2) is 5.03 Å². The third kappa shape index (κ3) is 3.07. The van der Waals surface area contributed by atoms with E-state index in [1.54, 1.807) is 18.2 Å². The van der Waals surface area contributed by atoms with E-state index in [0.29, 0.717) is 12.2 Å². The molecule has 0 atom stereocenters. The van der Waals surface area contributed by atoms with Crippen LogP contribution in [0, 0.1) is 10.1 Å². The Labute approximate surface area is 115 Å². The molecule has 1 saturated heterocycles. The summed E-state index contributed by atoms with van der Waals surface area (Å²) in [6, 6.07) is 7.94. The van der Waals surface area contributed by atoms with E-state index in [4.69, 9.17) is 0 Å². The van der Waals surface area contributed by atoms with Gasteiger partial charge >= 0.3 is 0 Å². The van der Waals surface area contributed by atoms with Crippen LogP contribution in [-0.4, -0.2) is 29.9 Å². The maximum atomic E-state index is 12.4. The molecular weight excluding hydrogens is 288 g/mol. The lowest BCUT2D eigenvalue weighted by Crippen LogP contribution is -2.33. The summed E-state index contributed by atoms with van der Waals surface area (Å²) in [6.45, 7) is 0.268. The van der Waals surface area contributed by atoms with Gasteiger partial charge in [-0.15, -0.1) is 11.8 Å². The van der Waals surface area contributed by atoms with Gasteiger partial charge in [0.25, 0.3) is 16.2 Å². The van der Waals surface area contributed by atoms with Gasteiger partial charge in [0.1, 0.15) is 0 Å². The third-order valence-corrected chi connectivity index (χ3v) is 5.61. The second-order valence-corrected chi connectivity index (χ2v) is 6.82. The number of thioether (sulfide) groups is 1. The SMILES string of the molecule is O=[N+]([O-])/C=C1\SCCCN1S(=O)(=O)c1ccccc1. The summed E-state index contributed by atoms with van der Waals surface area (Å²) < 4.78 is 26.0. The summed E-state index contributed by atoms with van der Waals surface area (Å²) in [4.78, 5) is 10.1. The van der Waals surface area contributed by atoms with Crippen LogP contribution in [0.5, 0.6) is 0 Å². The summed E-state index contributed by atoms with van der Waals surface area (Å²) in [7, 11) is -3.72. The minimum Gasteiger partial charge on any atom is -0.259 e. The van der Waals surface area contributed by atoms with Gasteiger partial charge < -0.3 is 0 Å². The van der Waals surface area contributed by atoms with Crippen LogP contribution in [0.4, 0.5) is 0 Å². The second-order valence-electron chi connectivity index (χ2n) is 3.84. The summed E-state index contributed by atoms with van der Waals surface area (Å²) in [5, 5.41) is 10.7. The first-order chi connectivity index (χ1) is 9.01. The first-order valence-electron chi connectivity index (χ1n) is 5.58. The fourth-order valence-electron chi connectivity index (χ4n) is 1.72. The number of rotatable bonds is 3. The minimum atomic E-state index is -3.72. The maximum absolute atomic E-state index is 12.4. The standard InChI is InChI=1S/C11H12N2O4S2/c14-13(15)9-11-12(7-4-8-18-11)19(16,17)10-5-2-1-3-6-10/h1-3,5-6,9H,4,7-8H2/b11-9-. The second kappa shape index (κ2) is 5.62. The maximum Gasteiger partial charge on any atom is 0.265 e. The zero-order valence-electron chi connectivity index (χ0n) is 9.93. The van der Waals surface area contributed by atoms with Crippen molar-refractivity contribution >= 4 is 21.8 Å². The highest BCUT2D eigenvalue weighted by Gasteiger charge is 2.30. The molecule has 0 saturated carbocycles. The van der Waals surface area contributed by atoms with Crippen LogP contribution >= 0.6 is 11.8 Å². The number of nitrogens with zero attached hydrogens (tertiary/aromatic N) is 2. The average molecular weight is 300 g/mol. The van der Waals surface area contributed by atoms with Crippen molar-refractivity contribution in [2.24, 2.45) is 0 Å². The van der Waals surface area contributed by atoms with E-state index in [-0.39, 0.29) is 16.5 Å². The van der Waals surface area contributed by atoms with E-state index < -0.39 is 14.9 Å². The molecule has 0 spiro atoms. The van der Waals surface area contributed by atoms with Crippen molar-refractivity contribution in [1.82, 2.24) is 4.31 Å². The zero-order valence-corrected chi connectivity index (χ0v) is 11.6. The van der Waals surface area contributed by atoms with Gasteiger partial charge in [-0.1, -0.05) is 18.2 Å². The number of sulfonamides is 1. The van der Waals surface area contributed by atoms with E-state index in [1.807, 2.05) is 0 Å². The van der Waals surface area contributed by atoms with Crippen LogP contribution in [-0.2, 0) is 10.0 Å². The molecule has 1 aliphatic heterocycles. The summed E-state index contributed by atoms with van der Waals surface area (Å²) in [6.07, 6.45) is 1.43. The molecule has 0 aromatic heterocycles. The molecule has 1 aliphatic rings. The minimum absolute atomic E-state index is 0.145. The van der Waals surface area contributed by atoms with Crippen LogP contribution < -0.4 is 0 Å². The van der Waals surface area contributed by atoms with Gasteiger partial charge in [-0.25, -0.2) is 8.42 Å². The Kier molecular flexibility index (Phi) is 4.11. The van der Waals surface area contributed by atoms with Gasteiger partial charge in [0.2, 0.25) is 0 Å². The molecule has 1 aromatic rings. The summed E-state index contributed by atoms with van der Waals surface area (Å²) >= 11 is 1.19. The molecule has 1 aromatic carbocycles. The third-order valence-electron chi connectivity index (χ3n) is 2.55. The Morgan fingerprint density at radius 1 is 1.32 bits per heavy atom. The van der Waals surface area contributed by atoms with Gasteiger partial charge in [-0.05, 0) is 18.6 Å². The van der Waals surface area contributed by atoms with Crippen molar-refractivity contribution in [3.8, 4) is 0 Å². The van der Waals surface area contributed by atoms with Crippen molar-refractivity contribution in [3.63, 3.8) is 0 Å². The Bertz CT molecular complexity index is 598. The molecule has 8 heteroatoms. The molecule has 0 bridgehead atoms. The van der Waals surface area contributed by atoms with Gasteiger partial charge in [-0.2, -0.15) is 0 Å². The molecule has 6 nitrogen and oxygen atoms in total. The molecule has 2 rings (SSSR count). The molecule has 1 heterocycles. The first kappa shape index (κ1) is 13.9. The normalized spacial score (nSPS) is 18.5. The zero-order chi connectivity index (χ0) is 13.9. The Morgan fingerprint density at radius 2 is 2.00 bits per heavy atom. The topological polar surface area (TPSA) is 80.5 Å². The van der Waals surface area contributed by atoms with Crippen molar-refractivity contribution < 1.29 is 13.3 Å². The van der Waals surface area contributed by atoms with Gasteiger partial charge in [-0.3, -0.25) is 14.4 Å². The van der Waals surface area contributed by atoms with E-state index in [0.717, 1.165) is 10.5 Å². The van der Waals surface area contributed by atoms with Crippen LogP contribution in [0.15, 0.2) is 46.5 Å². The summed E-state index contributed by atoms with van der Waals surface area (Å²) in [5.41, 5.74) is 0. The first-order valence-corrected chi connectivity index (χ1v) is 8.00. The van der Waals surface area contributed by atoms with Gasteiger partial charge in [0.05, 0.1) is 9.82 Å². The van der Waals surface area contributed by atoms with Crippen LogP contribution in [0.1, 0.15) is 6.42 Å². The molecule has 102 valence electrons. The molecule has 0 N–H and O–H groups in total. The van der Waals surface area contributed by atoms with Crippen molar-refractivity contribution in [1.29, 1.82) is 0 Å². The highest BCUT2D eigenvalue weighted by atomic mass is 32.2. The van der Waals surface area contributed by atoms with E-state index in [1.165, 1.54) is 23.9 Å². The van der Waals surface area contributed by atoms with Crippen molar-refractivity contribution in [3.05, 3.63) is 51.7 Å². The Hall–Kier alpha value is -1.54.